The molecule has 12 heteroatoms. The molecular formula is C21H19F3N6O3. The number of hydrogen-bond acceptors (Lipinski definition) is 8. The zero-order valence-electron chi connectivity index (χ0n) is 17.4. The van der Waals surface area contributed by atoms with E-state index in [0.717, 1.165) is 17.2 Å². The molecule has 1 amide bonds. The van der Waals surface area contributed by atoms with Crippen molar-refractivity contribution in [2.45, 2.75) is 32.0 Å². The normalized spacial score (nSPS) is 17.6. The van der Waals surface area contributed by atoms with Gasteiger partial charge >= 0.3 is 6.18 Å². The van der Waals surface area contributed by atoms with Crippen molar-refractivity contribution < 1.29 is 27.4 Å². The van der Waals surface area contributed by atoms with Crippen LogP contribution in [0.1, 0.15) is 44.6 Å². The van der Waals surface area contributed by atoms with Crippen LogP contribution in [0.2, 0.25) is 0 Å². The van der Waals surface area contributed by atoms with Crippen molar-refractivity contribution >= 4 is 22.6 Å². The van der Waals surface area contributed by atoms with Crippen LogP contribution in [0.4, 0.5) is 19.0 Å². The quantitative estimate of drug-likeness (QED) is 0.573. The van der Waals surface area contributed by atoms with E-state index in [1.165, 1.54) is 17.3 Å². The van der Waals surface area contributed by atoms with Gasteiger partial charge in [-0.2, -0.15) is 13.2 Å². The highest BCUT2D eigenvalue weighted by molar-refractivity contribution is 5.97. The van der Waals surface area contributed by atoms with Crippen LogP contribution in [0.25, 0.3) is 10.9 Å². The first-order valence-corrected chi connectivity index (χ1v) is 10.1. The van der Waals surface area contributed by atoms with Gasteiger partial charge in [0, 0.05) is 23.6 Å². The van der Waals surface area contributed by atoms with Crippen LogP contribution in [0.5, 0.6) is 0 Å². The molecule has 33 heavy (non-hydrogen) atoms. The third-order valence-corrected chi connectivity index (χ3v) is 5.78. The maximum absolute atomic E-state index is 13.4. The van der Waals surface area contributed by atoms with Crippen molar-refractivity contribution in [2.24, 2.45) is 0 Å². The molecule has 1 atom stereocenters. The fourth-order valence-electron chi connectivity index (χ4n) is 4.17. The Morgan fingerprint density at radius 1 is 1.18 bits per heavy atom. The summed E-state index contributed by atoms with van der Waals surface area (Å²) in [6, 6.07) is 3.17. The molecule has 0 unspecified atom stereocenters. The first kappa shape index (κ1) is 21.5. The number of hydrazine groups is 1. The van der Waals surface area contributed by atoms with Crippen molar-refractivity contribution in [3.05, 3.63) is 58.2 Å². The second kappa shape index (κ2) is 7.90. The molecule has 0 saturated heterocycles. The number of nitrogens with zero attached hydrogens (tertiary/aromatic N) is 4. The molecule has 0 fully saturated rings. The highest BCUT2D eigenvalue weighted by atomic mass is 19.4. The maximum Gasteiger partial charge on any atom is 0.433 e. The lowest BCUT2D eigenvalue weighted by molar-refractivity contribution is -0.141. The van der Waals surface area contributed by atoms with Gasteiger partial charge < -0.3 is 15.2 Å². The number of nitrogen functional groups attached to an aromatic ring is 1. The van der Waals surface area contributed by atoms with Crippen LogP contribution in [0.15, 0.2) is 24.4 Å². The van der Waals surface area contributed by atoms with Gasteiger partial charge in [0.2, 0.25) is 0 Å². The summed E-state index contributed by atoms with van der Waals surface area (Å²) in [4.78, 5) is 25.7. The van der Waals surface area contributed by atoms with E-state index in [-0.39, 0.29) is 24.6 Å². The summed E-state index contributed by atoms with van der Waals surface area (Å²) < 4.78 is 50.2. The number of halogens is 3. The van der Waals surface area contributed by atoms with Crippen molar-refractivity contribution in [1.29, 1.82) is 0 Å². The molecule has 0 radical (unpaired) electrons. The third-order valence-electron chi connectivity index (χ3n) is 5.78. The first-order valence-electron chi connectivity index (χ1n) is 10.1. The van der Waals surface area contributed by atoms with E-state index in [9.17, 15) is 18.0 Å². The van der Waals surface area contributed by atoms with Gasteiger partial charge in [0.05, 0.1) is 49.9 Å². The highest BCUT2D eigenvalue weighted by Gasteiger charge is 2.36. The Hall–Kier alpha value is -3.35. The molecule has 172 valence electrons. The number of ether oxygens (including phenoxy) is 2. The zero-order valence-corrected chi connectivity index (χ0v) is 17.4. The third kappa shape index (κ3) is 3.65. The Balaban J connectivity index is 1.51. The second-order valence-corrected chi connectivity index (χ2v) is 7.69. The molecule has 2 aliphatic rings. The van der Waals surface area contributed by atoms with E-state index >= 15 is 0 Å². The summed E-state index contributed by atoms with van der Waals surface area (Å²) >= 11 is 0. The molecule has 0 bridgehead atoms. The molecule has 0 spiro atoms. The van der Waals surface area contributed by atoms with Gasteiger partial charge in [-0.1, -0.05) is 6.07 Å². The minimum atomic E-state index is -4.57. The number of nitrogens with one attached hydrogen (secondary N) is 1. The molecule has 0 aromatic carbocycles. The molecule has 3 N–H and O–H groups in total. The number of alkyl halides is 3. The lowest BCUT2D eigenvalue weighted by atomic mass is 10.0. The number of nitrogens with two attached hydrogens (primary N) is 1. The monoisotopic (exact) mass is 460 g/mol. The van der Waals surface area contributed by atoms with Gasteiger partial charge in [-0.25, -0.2) is 20.4 Å². The first-order chi connectivity index (χ1) is 15.8. The van der Waals surface area contributed by atoms with Crippen LogP contribution in [0.3, 0.4) is 0 Å². The number of carbonyl (C=O) groups excluding carboxylic acids is 1. The van der Waals surface area contributed by atoms with E-state index in [4.69, 9.17) is 15.2 Å². The van der Waals surface area contributed by atoms with Gasteiger partial charge in [-0.3, -0.25) is 9.80 Å². The Morgan fingerprint density at radius 3 is 2.73 bits per heavy atom. The summed E-state index contributed by atoms with van der Waals surface area (Å²) in [6.07, 6.45) is -3.11. The fraction of sp³-hybridized carbons (Fsp3) is 0.333. The average Bonchev–Trinajstić information content (AvgIpc) is 3.30. The molecule has 3 aromatic rings. The van der Waals surface area contributed by atoms with Gasteiger partial charge in [-0.15, -0.1) is 0 Å². The number of fused-ring (bicyclic) bond motifs is 4. The number of carbonyl (C=O) groups is 1. The fourth-order valence-corrected chi connectivity index (χ4v) is 4.17. The zero-order chi connectivity index (χ0) is 23.3. The minimum Gasteiger partial charge on any atom is -0.383 e. The van der Waals surface area contributed by atoms with Crippen molar-refractivity contribution in [3.8, 4) is 0 Å². The molecule has 3 aromatic heterocycles. The highest BCUT2D eigenvalue weighted by Crippen LogP contribution is 2.34. The molecular weight excluding hydrogens is 441 g/mol. The topological polar surface area (TPSA) is 115 Å². The molecule has 2 aliphatic heterocycles. The predicted molar refractivity (Wildman–Crippen MR) is 109 cm³/mol. The van der Waals surface area contributed by atoms with Gasteiger partial charge in [0.1, 0.15) is 17.2 Å². The SMILES string of the molecule is CNN(C(=O)c1cc2c3c(c(N)nc2cn1)COC3)[C@H]1COCc2nc(C(F)(F)F)ccc21. The number of anilines is 1. The summed E-state index contributed by atoms with van der Waals surface area (Å²) in [6.45, 7) is 0.709. The van der Waals surface area contributed by atoms with Crippen LogP contribution < -0.4 is 11.2 Å². The number of hydrogen-bond donors (Lipinski definition) is 2. The summed E-state index contributed by atoms with van der Waals surface area (Å²) in [5, 5.41) is 1.99. The molecule has 5 rings (SSSR count). The van der Waals surface area contributed by atoms with Crippen LogP contribution >= 0.6 is 0 Å². The Labute approximate surface area is 185 Å². The van der Waals surface area contributed by atoms with E-state index < -0.39 is 23.8 Å². The summed E-state index contributed by atoms with van der Waals surface area (Å²) in [5.41, 5.74) is 10.7. The summed E-state index contributed by atoms with van der Waals surface area (Å²) in [7, 11) is 1.54. The van der Waals surface area contributed by atoms with Gasteiger partial charge in [0.15, 0.2) is 0 Å². The van der Waals surface area contributed by atoms with E-state index in [2.05, 4.69) is 20.4 Å². The lowest BCUT2D eigenvalue weighted by Crippen LogP contribution is -2.46. The number of amides is 1. The standard InChI is InChI=1S/C21H19F3N6O3/c1-26-30(17-9-33-8-16-10(17)2-3-18(28-16)21(22,23)24)20(31)14-4-11-12-6-32-7-13(12)19(25)29-15(11)5-27-14/h2-5,17,26H,6-9H2,1H3,(H2,25,29)/t17-/m0/s1. The van der Waals surface area contributed by atoms with E-state index in [1.807, 2.05) is 0 Å². The second-order valence-electron chi connectivity index (χ2n) is 7.69. The Bertz CT molecular complexity index is 1270. The average molecular weight is 460 g/mol. The maximum atomic E-state index is 13.4. The van der Waals surface area contributed by atoms with E-state index in [0.29, 0.717) is 35.5 Å². The van der Waals surface area contributed by atoms with E-state index in [1.54, 1.807) is 13.1 Å². The number of aromatic nitrogens is 3. The Morgan fingerprint density at radius 2 is 1.97 bits per heavy atom. The Kier molecular flexibility index (Phi) is 5.15. The smallest absolute Gasteiger partial charge is 0.383 e. The molecule has 5 heterocycles. The van der Waals surface area contributed by atoms with Crippen molar-refractivity contribution in [1.82, 2.24) is 25.4 Å². The van der Waals surface area contributed by atoms with Crippen LogP contribution in [-0.2, 0) is 35.5 Å². The predicted octanol–water partition coefficient (Wildman–Crippen LogP) is 2.50. The van der Waals surface area contributed by atoms with Gasteiger partial charge in [-0.05, 0) is 17.7 Å². The van der Waals surface area contributed by atoms with Crippen LogP contribution in [0, 0.1) is 0 Å². The van der Waals surface area contributed by atoms with Crippen molar-refractivity contribution in [2.75, 3.05) is 19.4 Å². The summed E-state index contributed by atoms with van der Waals surface area (Å²) in [5.74, 6) is -0.111. The minimum absolute atomic E-state index is 0.0745. The molecule has 0 aliphatic carbocycles. The molecule has 0 saturated carbocycles. The molecule has 9 nitrogen and oxygen atoms in total. The largest absolute Gasteiger partial charge is 0.433 e. The van der Waals surface area contributed by atoms with Gasteiger partial charge in [0.25, 0.3) is 5.91 Å². The number of rotatable bonds is 3. The van der Waals surface area contributed by atoms with Crippen LogP contribution in [-0.4, -0.2) is 39.5 Å². The van der Waals surface area contributed by atoms with Crippen molar-refractivity contribution in [3.63, 3.8) is 0 Å². The lowest BCUT2D eigenvalue weighted by Gasteiger charge is -2.34. The number of pyridine rings is 3.